The van der Waals surface area contributed by atoms with E-state index in [9.17, 15) is 9.59 Å². The van der Waals surface area contributed by atoms with Crippen LogP contribution in [-0.2, 0) is 11.2 Å². The Labute approximate surface area is 153 Å². The number of amidine groups is 1. The Bertz CT molecular complexity index is 816. The Morgan fingerprint density at radius 2 is 1.88 bits per heavy atom. The number of amides is 3. The fraction of sp³-hybridized carbons (Fsp3) is 0.474. The molecular weight excluding hydrogens is 330 g/mol. The molecule has 4 rings (SSSR count). The minimum atomic E-state index is -0.486. The highest BCUT2D eigenvalue weighted by molar-refractivity contribution is 6.25. The second kappa shape index (κ2) is 6.23. The quantitative estimate of drug-likeness (QED) is 0.757. The van der Waals surface area contributed by atoms with Crippen LogP contribution in [0.25, 0.3) is 0 Å². The Balaban J connectivity index is 1.67. The number of carbonyl (C=O) groups excluding carboxylic acids is 2. The monoisotopic (exact) mass is 354 g/mol. The lowest BCUT2D eigenvalue weighted by Gasteiger charge is -2.35. The van der Waals surface area contributed by atoms with Crippen molar-refractivity contribution >= 4 is 23.7 Å². The molecule has 0 bridgehead atoms. The van der Waals surface area contributed by atoms with Gasteiger partial charge in [0.1, 0.15) is 0 Å². The fourth-order valence-electron chi connectivity index (χ4n) is 3.98. The van der Waals surface area contributed by atoms with Crippen molar-refractivity contribution in [3.05, 3.63) is 35.9 Å². The minimum absolute atomic E-state index is 0.195. The van der Waals surface area contributed by atoms with Gasteiger partial charge in [0.05, 0.1) is 19.6 Å². The zero-order chi connectivity index (χ0) is 18.4. The molecule has 3 aliphatic heterocycles. The highest BCUT2D eigenvalue weighted by Gasteiger charge is 2.56. The molecule has 2 atom stereocenters. The average molecular weight is 354 g/mol. The molecular formula is C19H24N5O2+. The maximum absolute atomic E-state index is 12.7. The van der Waals surface area contributed by atoms with Gasteiger partial charge in [-0.2, -0.15) is 0 Å². The minimum Gasteiger partial charge on any atom is -0.270 e. The van der Waals surface area contributed by atoms with Gasteiger partial charge < -0.3 is 0 Å². The number of hydrogen-bond acceptors (Lipinski definition) is 4. The van der Waals surface area contributed by atoms with Gasteiger partial charge in [-0.25, -0.2) is 9.69 Å². The lowest BCUT2D eigenvalue weighted by atomic mass is 10.1. The first-order valence-corrected chi connectivity index (χ1v) is 9.03. The second-order valence-electron chi connectivity index (χ2n) is 7.35. The number of imide groups is 1. The van der Waals surface area contributed by atoms with Gasteiger partial charge >= 0.3 is 12.0 Å². The molecule has 2 unspecified atom stereocenters. The molecule has 1 aromatic carbocycles. The van der Waals surface area contributed by atoms with Crippen LogP contribution in [-0.4, -0.2) is 82.8 Å². The van der Waals surface area contributed by atoms with Gasteiger partial charge in [0.15, 0.2) is 0 Å². The van der Waals surface area contributed by atoms with Crippen LogP contribution in [0.2, 0.25) is 0 Å². The van der Waals surface area contributed by atoms with Crippen LogP contribution < -0.4 is 0 Å². The summed E-state index contributed by atoms with van der Waals surface area (Å²) < 4.78 is 2.25. The molecule has 3 aliphatic rings. The summed E-state index contributed by atoms with van der Waals surface area (Å²) in [5, 5.41) is 0. The van der Waals surface area contributed by atoms with Crippen LogP contribution in [0.5, 0.6) is 0 Å². The van der Waals surface area contributed by atoms with E-state index in [1.807, 2.05) is 18.2 Å². The van der Waals surface area contributed by atoms with Crippen molar-refractivity contribution in [3.63, 3.8) is 0 Å². The Kier molecular flexibility index (Phi) is 4.01. The molecule has 1 saturated heterocycles. The maximum Gasteiger partial charge on any atom is 0.392 e. The van der Waals surface area contributed by atoms with E-state index < -0.39 is 6.04 Å². The summed E-state index contributed by atoms with van der Waals surface area (Å²) in [7, 11) is 3.23. The van der Waals surface area contributed by atoms with E-state index in [0.717, 1.165) is 32.0 Å². The second-order valence-corrected chi connectivity index (χ2v) is 7.35. The van der Waals surface area contributed by atoms with Gasteiger partial charge in [0.2, 0.25) is 11.9 Å². The van der Waals surface area contributed by atoms with Crippen LogP contribution >= 0.6 is 0 Å². The lowest BCUT2D eigenvalue weighted by molar-refractivity contribution is -0.545. The third-order valence-electron chi connectivity index (χ3n) is 5.35. The summed E-state index contributed by atoms with van der Waals surface area (Å²) in [5.41, 5.74) is 1.28. The molecule has 3 amide bonds. The van der Waals surface area contributed by atoms with E-state index in [2.05, 4.69) is 28.5 Å². The predicted octanol–water partition coefficient (Wildman–Crippen LogP) is 0.854. The summed E-state index contributed by atoms with van der Waals surface area (Å²) in [6, 6.07) is 9.56. The molecule has 7 heteroatoms. The molecule has 0 N–H and O–H groups in total. The molecule has 3 heterocycles. The molecule has 1 aromatic rings. The molecule has 1 fully saturated rings. The molecule has 7 nitrogen and oxygen atoms in total. The van der Waals surface area contributed by atoms with Crippen molar-refractivity contribution in [3.8, 4) is 0 Å². The highest BCUT2D eigenvalue weighted by atomic mass is 16.2. The number of aliphatic imine (C=N–C) groups is 1. The van der Waals surface area contributed by atoms with Crippen molar-refractivity contribution in [1.82, 2.24) is 14.7 Å². The zero-order valence-corrected chi connectivity index (χ0v) is 15.4. The van der Waals surface area contributed by atoms with Crippen LogP contribution in [0, 0.1) is 5.92 Å². The van der Waals surface area contributed by atoms with Crippen LogP contribution in [0.1, 0.15) is 12.5 Å². The Morgan fingerprint density at radius 3 is 2.62 bits per heavy atom. The van der Waals surface area contributed by atoms with Crippen LogP contribution in [0.4, 0.5) is 4.79 Å². The number of likely N-dealkylation sites (N-methyl/N-ethyl adjacent to an activating group) is 2. The van der Waals surface area contributed by atoms with Crippen LogP contribution in [0.3, 0.4) is 0 Å². The molecule has 0 aliphatic carbocycles. The largest absolute Gasteiger partial charge is 0.392 e. The summed E-state index contributed by atoms with van der Waals surface area (Å²) in [5.74, 6) is 1.60. The fourth-order valence-corrected chi connectivity index (χ4v) is 3.98. The SMILES string of the molecule is CC1CN2C(=[N+](CCc3ccccc3)C1)N=C1C2C(=O)N(C)C(=O)N1C. The smallest absolute Gasteiger partial charge is 0.270 e. The van der Waals surface area contributed by atoms with Gasteiger partial charge in [0.25, 0.3) is 5.91 Å². The van der Waals surface area contributed by atoms with Crippen molar-refractivity contribution in [1.29, 1.82) is 0 Å². The van der Waals surface area contributed by atoms with Crippen molar-refractivity contribution < 1.29 is 14.2 Å². The first-order valence-electron chi connectivity index (χ1n) is 9.03. The lowest BCUT2D eigenvalue weighted by Crippen LogP contribution is -2.64. The zero-order valence-electron chi connectivity index (χ0n) is 15.4. The summed E-state index contributed by atoms with van der Waals surface area (Å²) in [6.07, 6.45) is 0.920. The van der Waals surface area contributed by atoms with Gasteiger partial charge in [0, 0.05) is 26.4 Å². The molecule has 0 saturated carbocycles. The van der Waals surface area contributed by atoms with Gasteiger partial charge in [-0.3, -0.25) is 19.2 Å². The summed E-state index contributed by atoms with van der Waals surface area (Å²) in [6.45, 7) is 4.71. The predicted molar refractivity (Wildman–Crippen MR) is 98.2 cm³/mol. The maximum atomic E-state index is 12.7. The summed E-state index contributed by atoms with van der Waals surface area (Å²) in [4.78, 5) is 34.5. The number of guanidine groups is 1. The standard InChI is InChI=1S/C19H24N5O2/c1-13-11-23(10-9-14-7-5-4-6-8-14)18-20-16-15(24(18)12-13)17(25)22(3)19(26)21(16)2/h4-8,13,15H,9-12H2,1-3H3/q+1. The molecule has 0 spiro atoms. The first kappa shape index (κ1) is 16.8. The van der Waals surface area contributed by atoms with E-state index >= 15 is 0 Å². The van der Waals surface area contributed by atoms with Crippen molar-refractivity contribution in [2.45, 2.75) is 19.4 Å². The number of nitrogens with zero attached hydrogens (tertiary/aromatic N) is 5. The number of fused-ring (bicyclic) bond motifs is 3. The number of urea groups is 1. The van der Waals surface area contributed by atoms with Gasteiger partial charge in [-0.05, 0) is 5.56 Å². The number of hydrogen-bond donors (Lipinski definition) is 0. The molecule has 0 radical (unpaired) electrons. The summed E-state index contributed by atoms with van der Waals surface area (Å²) >= 11 is 0. The van der Waals surface area contributed by atoms with E-state index in [4.69, 9.17) is 4.99 Å². The third-order valence-corrected chi connectivity index (χ3v) is 5.35. The molecule has 136 valence electrons. The van der Waals surface area contributed by atoms with Gasteiger partial charge in [-0.1, -0.05) is 42.2 Å². The van der Waals surface area contributed by atoms with E-state index in [-0.39, 0.29) is 11.9 Å². The Morgan fingerprint density at radius 1 is 1.15 bits per heavy atom. The van der Waals surface area contributed by atoms with Gasteiger partial charge in [-0.15, -0.1) is 0 Å². The Hall–Kier alpha value is -2.70. The van der Waals surface area contributed by atoms with E-state index in [0.29, 0.717) is 11.8 Å². The third kappa shape index (κ3) is 2.58. The van der Waals surface area contributed by atoms with Crippen LogP contribution in [0.15, 0.2) is 35.3 Å². The number of rotatable bonds is 3. The first-order chi connectivity index (χ1) is 12.5. The topological polar surface area (TPSA) is 59.2 Å². The van der Waals surface area contributed by atoms with E-state index in [1.54, 1.807) is 7.05 Å². The highest BCUT2D eigenvalue weighted by Crippen LogP contribution is 2.26. The molecule has 0 aromatic heterocycles. The van der Waals surface area contributed by atoms with Crippen molar-refractivity contribution in [2.75, 3.05) is 33.7 Å². The number of carbonyl (C=O) groups is 2. The van der Waals surface area contributed by atoms with Crippen molar-refractivity contribution in [2.24, 2.45) is 10.9 Å². The average Bonchev–Trinajstić information content (AvgIpc) is 3.03. The number of benzene rings is 1. The van der Waals surface area contributed by atoms with E-state index in [1.165, 1.54) is 22.4 Å². The molecule has 26 heavy (non-hydrogen) atoms. The normalized spacial score (nSPS) is 25.5.